The second-order valence-electron chi connectivity index (χ2n) is 8.31. The fourth-order valence-corrected chi connectivity index (χ4v) is 3.87. The number of aromatic nitrogens is 6. The zero-order chi connectivity index (χ0) is 23.4. The topological polar surface area (TPSA) is 81.4 Å². The molecule has 170 valence electrons. The molecule has 4 rings (SSSR count). The maximum absolute atomic E-state index is 4.86. The van der Waals surface area contributed by atoms with Gasteiger partial charge in [-0.3, -0.25) is 9.67 Å². The van der Waals surface area contributed by atoms with Crippen molar-refractivity contribution in [2.24, 2.45) is 7.05 Å². The largest absolute Gasteiger partial charge is 0.368 e. The van der Waals surface area contributed by atoms with Crippen LogP contribution < -0.4 is 5.32 Å². The second kappa shape index (κ2) is 9.90. The van der Waals surface area contributed by atoms with E-state index in [2.05, 4.69) is 46.5 Å². The molecule has 0 saturated heterocycles. The van der Waals surface area contributed by atoms with Gasteiger partial charge in [0.05, 0.1) is 28.5 Å². The van der Waals surface area contributed by atoms with Crippen LogP contribution in [-0.4, -0.2) is 36.3 Å². The maximum atomic E-state index is 4.86. The highest BCUT2D eigenvalue weighted by Crippen LogP contribution is 2.25. The summed E-state index contributed by atoms with van der Waals surface area (Å²) in [6.45, 7) is 8.85. The quantitative estimate of drug-likeness (QED) is 0.421. The van der Waals surface area contributed by atoms with E-state index in [0.717, 1.165) is 71.1 Å². The van der Waals surface area contributed by atoms with Crippen molar-refractivity contribution in [1.82, 2.24) is 29.7 Å². The van der Waals surface area contributed by atoms with Gasteiger partial charge in [-0.15, -0.1) is 0 Å². The minimum absolute atomic E-state index is 0.634. The van der Waals surface area contributed by atoms with Crippen molar-refractivity contribution < 1.29 is 0 Å². The van der Waals surface area contributed by atoms with Gasteiger partial charge in [0.25, 0.3) is 0 Å². The predicted molar refractivity (Wildman–Crippen MR) is 134 cm³/mol. The summed E-state index contributed by atoms with van der Waals surface area (Å²) in [5, 5.41) is 8.25. The molecule has 1 aromatic carbocycles. The smallest absolute Gasteiger partial charge is 0.156 e. The van der Waals surface area contributed by atoms with Crippen LogP contribution in [0, 0.1) is 20.8 Å². The Morgan fingerprint density at radius 3 is 2.39 bits per heavy atom. The van der Waals surface area contributed by atoms with Gasteiger partial charge < -0.3 is 5.32 Å². The Kier molecular flexibility index (Phi) is 6.77. The first-order valence-electron chi connectivity index (χ1n) is 11.5. The molecule has 0 spiro atoms. The molecule has 0 fully saturated rings. The van der Waals surface area contributed by atoms with Crippen molar-refractivity contribution in [2.75, 3.05) is 11.9 Å². The molecule has 0 aliphatic heterocycles. The number of fused-ring (bicyclic) bond motifs is 1. The first kappa shape index (κ1) is 22.6. The number of aryl methyl sites for hydroxylation is 5. The maximum Gasteiger partial charge on any atom is 0.156 e. The van der Waals surface area contributed by atoms with Crippen LogP contribution in [0.2, 0.25) is 0 Å². The van der Waals surface area contributed by atoms with E-state index in [-0.39, 0.29) is 0 Å². The molecule has 0 saturated carbocycles. The molecule has 0 radical (unpaired) electrons. The first-order chi connectivity index (χ1) is 16.0. The zero-order valence-electron chi connectivity index (χ0n) is 20.1. The van der Waals surface area contributed by atoms with Gasteiger partial charge in [-0.25, -0.2) is 15.0 Å². The lowest BCUT2D eigenvalue weighted by molar-refractivity contribution is 0.752. The molecule has 7 nitrogen and oxygen atoms in total. The molecule has 33 heavy (non-hydrogen) atoms. The minimum Gasteiger partial charge on any atom is -0.368 e. The van der Waals surface area contributed by atoms with Crippen LogP contribution in [0.25, 0.3) is 23.2 Å². The Labute approximate surface area is 195 Å². The summed E-state index contributed by atoms with van der Waals surface area (Å²) >= 11 is 0. The average molecular weight is 442 g/mol. The molecule has 3 heterocycles. The summed E-state index contributed by atoms with van der Waals surface area (Å²) in [6.07, 6.45) is 6.66. The monoisotopic (exact) mass is 441 g/mol. The van der Waals surface area contributed by atoms with Crippen LogP contribution in [0.3, 0.4) is 0 Å². The number of nitrogens with one attached hydrogen (secondary N) is 1. The third-order valence-electron chi connectivity index (χ3n) is 5.71. The Bertz CT molecular complexity index is 1290. The van der Waals surface area contributed by atoms with Gasteiger partial charge in [0, 0.05) is 13.6 Å². The summed E-state index contributed by atoms with van der Waals surface area (Å²) in [7, 11) is 1.96. The van der Waals surface area contributed by atoms with Crippen molar-refractivity contribution in [3.63, 3.8) is 0 Å². The summed E-state index contributed by atoms with van der Waals surface area (Å²) in [5.41, 5.74) is 7.73. The third kappa shape index (κ3) is 5.08. The van der Waals surface area contributed by atoms with E-state index >= 15 is 0 Å². The van der Waals surface area contributed by atoms with Crippen molar-refractivity contribution in [3.05, 3.63) is 70.2 Å². The molecule has 4 aromatic rings. The first-order valence-corrected chi connectivity index (χ1v) is 11.5. The van der Waals surface area contributed by atoms with Gasteiger partial charge in [-0.2, -0.15) is 5.10 Å². The highest BCUT2D eigenvalue weighted by atomic mass is 15.3. The summed E-state index contributed by atoms with van der Waals surface area (Å²) in [5.74, 6) is 1.44. The van der Waals surface area contributed by atoms with Crippen molar-refractivity contribution in [3.8, 4) is 0 Å². The molecule has 0 aliphatic carbocycles. The number of hydrogen-bond acceptors (Lipinski definition) is 6. The molecule has 0 bridgehead atoms. The highest BCUT2D eigenvalue weighted by Gasteiger charge is 2.16. The van der Waals surface area contributed by atoms with E-state index in [1.807, 2.05) is 50.7 Å². The molecule has 1 N–H and O–H groups in total. The van der Waals surface area contributed by atoms with Gasteiger partial charge in [-0.05, 0) is 51.3 Å². The van der Waals surface area contributed by atoms with Gasteiger partial charge in [0.1, 0.15) is 11.0 Å². The van der Waals surface area contributed by atoms with Gasteiger partial charge in [-0.1, -0.05) is 43.7 Å². The normalized spacial score (nSPS) is 11.5. The lowest BCUT2D eigenvalue weighted by Gasteiger charge is -2.09. The van der Waals surface area contributed by atoms with E-state index in [1.54, 1.807) is 0 Å². The lowest BCUT2D eigenvalue weighted by Crippen LogP contribution is -2.09. The van der Waals surface area contributed by atoms with E-state index in [1.165, 1.54) is 5.56 Å². The lowest BCUT2D eigenvalue weighted by atomic mass is 10.1. The fourth-order valence-electron chi connectivity index (χ4n) is 3.87. The van der Waals surface area contributed by atoms with E-state index < -0.39 is 0 Å². The molecule has 0 unspecified atom stereocenters. The van der Waals surface area contributed by atoms with Crippen molar-refractivity contribution in [1.29, 1.82) is 0 Å². The number of rotatable bonds is 8. The number of nitrogens with zero attached hydrogens (tertiary/aromatic N) is 6. The van der Waals surface area contributed by atoms with E-state index in [0.29, 0.717) is 5.82 Å². The van der Waals surface area contributed by atoms with Crippen LogP contribution in [0.5, 0.6) is 0 Å². The molecular weight excluding hydrogens is 410 g/mol. The van der Waals surface area contributed by atoms with E-state index in [9.17, 15) is 0 Å². The number of hydrogen-bond donors (Lipinski definition) is 1. The van der Waals surface area contributed by atoms with Gasteiger partial charge >= 0.3 is 0 Å². The number of benzene rings is 1. The molecule has 0 amide bonds. The van der Waals surface area contributed by atoms with E-state index in [4.69, 9.17) is 15.1 Å². The average Bonchev–Trinajstić information content (AvgIpc) is 3.11. The Morgan fingerprint density at radius 2 is 1.64 bits per heavy atom. The summed E-state index contributed by atoms with van der Waals surface area (Å²) < 4.78 is 1.89. The fraction of sp³-hybridized carbons (Fsp3) is 0.346. The Balaban J connectivity index is 1.69. The van der Waals surface area contributed by atoms with Crippen LogP contribution in [0.1, 0.15) is 53.2 Å². The highest BCUT2D eigenvalue weighted by molar-refractivity contribution is 5.88. The van der Waals surface area contributed by atoms with Crippen LogP contribution in [0.15, 0.2) is 30.3 Å². The Hall–Kier alpha value is -3.61. The second-order valence-corrected chi connectivity index (χ2v) is 8.31. The van der Waals surface area contributed by atoms with Crippen LogP contribution in [0.4, 0.5) is 5.82 Å². The molecule has 3 aromatic heterocycles. The molecule has 0 aliphatic rings. The Morgan fingerprint density at radius 1 is 0.879 bits per heavy atom. The standard InChI is InChI=1S/C26H31N7/c1-6-10-22-24-25(33(5)32-22)26(27-16-15-20-11-8-7-9-12-20)31-23(30-24)14-13-21-19(4)28-17(2)18(3)29-21/h7-9,11-14H,6,10,15-16H2,1-5H3,(H,27,30,31)/b14-13+. The predicted octanol–water partition coefficient (Wildman–Crippen LogP) is 4.86. The third-order valence-corrected chi connectivity index (χ3v) is 5.71. The van der Waals surface area contributed by atoms with Crippen molar-refractivity contribution in [2.45, 2.75) is 47.0 Å². The number of anilines is 1. The SMILES string of the molecule is CCCc1nn(C)c2c(NCCc3ccccc3)nc(/C=C/c3nc(C)c(C)nc3C)nc12. The summed E-state index contributed by atoms with van der Waals surface area (Å²) in [4.78, 5) is 18.9. The summed E-state index contributed by atoms with van der Waals surface area (Å²) in [6, 6.07) is 10.5. The molecule has 0 atom stereocenters. The van der Waals surface area contributed by atoms with Gasteiger partial charge in [0.2, 0.25) is 0 Å². The zero-order valence-corrected chi connectivity index (χ0v) is 20.1. The van der Waals surface area contributed by atoms with Crippen LogP contribution in [-0.2, 0) is 19.9 Å². The molecule has 7 heteroatoms. The van der Waals surface area contributed by atoms with Gasteiger partial charge in [0.15, 0.2) is 11.6 Å². The molecular formula is C26H31N7. The minimum atomic E-state index is 0.634. The van der Waals surface area contributed by atoms with Crippen LogP contribution >= 0.6 is 0 Å². The van der Waals surface area contributed by atoms with Crippen molar-refractivity contribution >= 4 is 29.0 Å².